The van der Waals surface area contributed by atoms with Crippen molar-refractivity contribution in [2.24, 2.45) is 0 Å². The lowest BCUT2D eigenvalue weighted by Crippen LogP contribution is -2.48. The van der Waals surface area contributed by atoms with E-state index < -0.39 is 41.7 Å². The van der Waals surface area contributed by atoms with Crippen LogP contribution in [0.25, 0.3) is 0 Å². The Balaban J connectivity index is 1.81. The minimum absolute atomic E-state index is 0.129. The van der Waals surface area contributed by atoms with Gasteiger partial charge < -0.3 is 19.9 Å². The fourth-order valence-corrected chi connectivity index (χ4v) is 4.56. The summed E-state index contributed by atoms with van der Waals surface area (Å²) in [5, 5.41) is 0. The van der Waals surface area contributed by atoms with Gasteiger partial charge in [-0.3, -0.25) is 4.57 Å². The van der Waals surface area contributed by atoms with E-state index in [0.29, 0.717) is 6.42 Å². The summed E-state index contributed by atoms with van der Waals surface area (Å²) in [5.41, 5.74) is 2.91. The van der Waals surface area contributed by atoms with E-state index in [1.54, 1.807) is 0 Å². The molecular weight excluding hydrogens is 329 g/mol. The molecule has 1 saturated carbocycles. The number of hydrogen-bond donors (Lipinski definition) is 1. The van der Waals surface area contributed by atoms with Crippen LogP contribution in [0.15, 0.2) is 17.1 Å². The summed E-state index contributed by atoms with van der Waals surface area (Å²) >= 11 is 0. The van der Waals surface area contributed by atoms with Gasteiger partial charge in [0.25, 0.3) is 0 Å². The van der Waals surface area contributed by atoms with Gasteiger partial charge >= 0.3 is 5.69 Å². The maximum atomic E-state index is 14.1. The van der Waals surface area contributed by atoms with Crippen LogP contribution in [0.2, 0.25) is 0 Å². The van der Waals surface area contributed by atoms with Crippen LogP contribution in [0.1, 0.15) is 52.2 Å². The number of rotatable bonds is 3. The lowest BCUT2D eigenvalue weighted by atomic mass is 9.86. The van der Waals surface area contributed by atoms with Crippen molar-refractivity contribution in [3.63, 3.8) is 0 Å². The molecule has 25 heavy (non-hydrogen) atoms. The number of aromatic nitrogens is 2. The number of nitrogen functional groups attached to an aromatic ring is 1. The Morgan fingerprint density at radius 3 is 2.72 bits per heavy atom. The molecule has 0 amide bonds. The molecule has 3 aliphatic rings. The molecule has 1 aromatic rings. The smallest absolute Gasteiger partial charge is 0.351 e. The highest BCUT2D eigenvalue weighted by Gasteiger charge is 2.71. The Hall–Kier alpha value is -1.51. The molecule has 1 spiro atoms. The maximum absolute atomic E-state index is 14.1. The standard InChI is InChI=1S/C17H24FN3O4/c1-3-16(10-18)12-15(2,25-17(23-12)7-4-5-8-17)13(24-16)21-9-6-11(19)20-14(21)22/h6,9,12-13H,3-5,7-8,10H2,1-2H3,(H2,19,20,22)/t12-,13+,15+,16-/m0/s1. The lowest BCUT2D eigenvalue weighted by Gasteiger charge is -2.33. The van der Waals surface area contributed by atoms with Gasteiger partial charge in [0, 0.05) is 19.0 Å². The number of alkyl halides is 1. The van der Waals surface area contributed by atoms with Crippen molar-refractivity contribution in [3.05, 3.63) is 22.7 Å². The molecule has 138 valence electrons. The van der Waals surface area contributed by atoms with Crippen LogP contribution >= 0.6 is 0 Å². The minimum atomic E-state index is -1.15. The summed E-state index contributed by atoms with van der Waals surface area (Å²) in [6.07, 6.45) is 4.07. The first-order chi connectivity index (χ1) is 11.9. The third-order valence-electron chi connectivity index (χ3n) is 5.87. The molecule has 0 aromatic carbocycles. The van der Waals surface area contributed by atoms with Crippen LogP contribution in [0.3, 0.4) is 0 Å². The second-order valence-electron chi connectivity index (χ2n) is 7.47. The highest BCUT2D eigenvalue weighted by molar-refractivity contribution is 5.24. The Morgan fingerprint density at radius 2 is 2.12 bits per heavy atom. The Labute approximate surface area is 145 Å². The van der Waals surface area contributed by atoms with Crippen LogP contribution < -0.4 is 11.4 Å². The summed E-state index contributed by atoms with van der Waals surface area (Å²) in [6, 6.07) is 1.52. The van der Waals surface area contributed by atoms with Gasteiger partial charge in [-0.15, -0.1) is 0 Å². The Morgan fingerprint density at radius 1 is 1.40 bits per heavy atom. The Bertz CT molecular complexity index is 729. The van der Waals surface area contributed by atoms with E-state index in [-0.39, 0.29) is 5.82 Å². The second kappa shape index (κ2) is 5.49. The number of hydrogen-bond acceptors (Lipinski definition) is 6. The highest BCUT2D eigenvalue weighted by Crippen LogP contribution is 2.59. The minimum Gasteiger partial charge on any atom is -0.383 e. The molecule has 3 heterocycles. The quantitative estimate of drug-likeness (QED) is 0.893. The molecule has 0 unspecified atom stereocenters. The summed E-state index contributed by atoms with van der Waals surface area (Å²) in [6.45, 7) is 2.98. The maximum Gasteiger partial charge on any atom is 0.351 e. The predicted molar refractivity (Wildman–Crippen MR) is 87.6 cm³/mol. The van der Waals surface area contributed by atoms with Crippen molar-refractivity contribution in [3.8, 4) is 0 Å². The van der Waals surface area contributed by atoms with Crippen molar-refractivity contribution in [1.82, 2.24) is 9.55 Å². The molecule has 0 radical (unpaired) electrons. The molecule has 0 bridgehead atoms. The van der Waals surface area contributed by atoms with Gasteiger partial charge in [0.05, 0.1) is 0 Å². The third kappa shape index (κ3) is 2.27. The SMILES string of the molecule is CC[C@@]1(CF)O[C@@H](n2ccc(N)nc2=O)[C@]2(C)OC3(CCCC3)O[C@H]12. The zero-order chi connectivity index (χ0) is 17.9. The normalized spacial score (nSPS) is 39.2. The van der Waals surface area contributed by atoms with Crippen molar-refractivity contribution in [1.29, 1.82) is 0 Å². The average Bonchev–Trinajstić information content (AvgIpc) is 3.21. The molecule has 2 saturated heterocycles. The van der Waals surface area contributed by atoms with Gasteiger partial charge in [-0.2, -0.15) is 4.98 Å². The number of fused-ring (bicyclic) bond motifs is 1. The van der Waals surface area contributed by atoms with Crippen LogP contribution in [-0.2, 0) is 14.2 Å². The molecule has 1 aliphatic carbocycles. The number of ether oxygens (including phenoxy) is 3. The average molecular weight is 353 g/mol. The van der Waals surface area contributed by atoms with Crippen molar-refractivity contribution in [2.75, 3.05) is 12.4 Å². The second-order valence-corrected chi connectivity index (χ2v) is 7.47. The van der Waals surface area contributed by atoms with E-state index in [2.05, 4.69) is 4.98 Å². The van der Waals surface area contributed by atoms with Gasteiger partial charge in [0.15, 0.2) is 12.0 Å². The van der Waals surface area contributed by atoms with E-state index in [4.69, 9.17) is 19.9 Å². The predicted octanol–water partition coefficient (Wildman–Crippen LogP) is 1.92. The molecule has 4 rings (SSSR count). The van der Waals surface area contributed by atoms with Gasteiger partial charge in [-0.25, -0.2) is 9.18 Å². The molecule has 2 N–H and O–H groups in total. The summed E-state index contributed by atoms with van der Waals surface area (Å²) in [5.74, 6) is -0.578. The molecule has 7 nitrogen and oxygen atoms in total. The fourth-order valence-electron chi connectivity index (χ4n) is 4.56. The van der Waals surface area contributed by atoms with E-state index in [1.165, 1.54) is 16.8 Å². The van der Waals surface area contributed by atoms with Crippen LogP contribution in [0.4, 0.5) is 10.2 Å². The number of anilines is 1. The Kier molecular flexibility index (Phi) is 3.72. The molecule has 4 atom stereocenters. The number of nitrogens with two attached hydrogens (primary N) is 1. The zero-order valence-electron chi connectivity index (χ0n) is 14.5. The van der Waals surface area contributed by atoms with E-state index in [9.17, 15) is 9.18 Å². The largest absolute Gasteiger partial charge is 0.383 e. The first kappa shape index (κ1) is 16.9. The monoisotopic (exact) mass is 353 g/mol. The first-order valence-electron chi connectivity index (χ1n) is 8.84. The van der Waals surface area contributed by atoms with Gasteiger partial charge in [0.2, 0.25) is 0 Å². The van der Waals surface area contributed by atoms with Crippen LogP contribution in [0, 0.1) is 0 Å². The summed E-state index contributed by atoms with van der Waals surface area (Å²) in [7, 11) is 0. The highest BCUT2D eigenvalue weighted by atomic mass is 19.1. The molecule has 3 fully saturated rings. The molecule has 1 aromatic heterocycles. The first-order valence-corrected chi connectivity index (χ1v) is 8.84. The zero-order valence-corrected chi connectivity index (χ0v) is 14.5. The van der Waals surface area contributed by atoms with Crippen molar-refractivity contribution < 1.29 is 18.6 Å². The summed E-state index contributed by atoms with van der Waals surface area (Å²) < 4.78 is 34.2. The fraction of sp³-hybridized carbons (Fsp3) is 0.765. The summed E-state index contributed by atoms with van der Waals surface area (Å²) in [4.78, 5) is 16.1. The molecule has 2 aliphatic heterocycles. The molecular formula is C17H24FN3O4. The van der Waals surface area contributed by atoms with Crippen LogP contribution in [0.5, 0.6) is 0 Å². The van der Waals surface area contributed by atoms with Crippen LogP contribution in [-0.4, -0.2) is 39.3 Å². The van der Waals surface area contributed by atoms with E-state index >= 15 is 0 Å². The van der Waals surface area contributed by atoms with Gasteiger partial charge in [0.1, 0.15) is 29.8 Å². The van der Waals surface area contributed by atoms with Crippen molar-refractivity contribution >= 4 is 5.82 Å². The third-order valence-corrected chi connectivity index (χ3v) is 5.87. The van der Waals surface area contributed by atoms with Crippen molar-refractivity contribution in [2.45, 2.75) is 75.3 Å². The van der Waals surface area contributed by atoms with E-state index in [0.717, 1.165) is 25.7 Å². The van der Waals surface area contributed by atoms with Gasteiger partial charge in [-0.05, 0) is 32.3 Å². The number of nitrogens with zero attached hydrogens (tertiary/aromatic N) is 2. The van der Waals surface area contributed by atoms with Gasteiger partial charge in [-0.1, -0.05) is 6.92 Å². The van der Waals surface area contributed by atoms with E-state index in [1.807, 2.05) is 13.8 Å². The number of halogens is 1. The lowest BCUT2D eigenvalue weighted by molar-refractivity contribution is -0.249. The topological polar surface area (TPSA) is 88.6 Å². The molecule has 8 heteroatoms.